The van der Waals surface area contributed by atoms with Crippen molar-refractivity contribution in [2.75, 3.05) is 13.2 Å². The third-order valence-electron chi connectivity index (χ3n) is 3.96. The van der Waals surface area contributed by atoms with Crippen LogP contribution in [0.15, 0.2) is 42.6 Å². The fourth-order valence-corrected chi connectivity index (χ4v) is 2.61. The molecule has 0 aliphatic carbocycles. The number of carbonyl (C=O) groups is 2. The van der Waals surface area contributed by atoms with E-state index in [0.29, 0.717) is 12.1 Å². The average molecular weight is 449 g/mol. The van der Waals surface area contributed by atoms with E-state index in [2.05, 4.69) is 20.4 Å². The van der Waals surface area contributed by atoms with Crippen molar-refractivity contribution in [3.8, 4) is 0 Å². The number of benzene rings is 1. The van der Waals surface area contributed by atoms with Crippen LogP contribution in [0.3, 0.4) is 0 Å². The number of aromatic nitrogens is 1. The number of hydrogen-bond donors (Lipinski definition) is 2. The highest BCUT2D eigenvalue weighted by Gasteiger charge is 2.37. The highest BCUT2D eigenvalue weighted by Crippen LogP contribution is 2.36. The van der Waals surface area contributed by atoms with Crippen LogP contribution < -0.4 is 10.6 Å². The summed E-state index contributed by atoms with van der Waals surface area (Å²) in [6.07, 6.45) is -8.43. The van der Waals surface area contributed by atoms with Gasteiger partial charge in [0, 0.05) is 6.20 Å². The molecule has 2 rings (SSSR count). The van der Waals surface area contributed by atoms with Gasteiger partial charge in [-0.3, -0.25) is 9.78 Å². The van der Waals surface area contributed by atoms with Gasteiger partial charge < -0.3 is 15.4 Å². The number of halogens is 6. The number of nitrogens with zero attached hydrogens (tertiary/aromatic N) is 1. The number of hydrogen-bond acceptors (Lipinski definition) is 4. The van der Waals surface area contributed by atoms with Gasteiger partial charge in [-0.25, -0.2) is 4.79 Å². The number of alkyl halides is 6. The van der Waals surface area contributed by atoms with E-state index >= 15 is 0 Å². The van der Waals surface area contributed by atoms with Gasteiger partial charge in [0.2, 0.25) is 0 Å². The van der Waals surface area contributed by atoms with E-state index in [9.17, 15) is 35.9 Å². The van der Waals surface area contributed by atoms with E-state index in [1.54, 1.807) is 6.92 Å². The molecule has 1 aromatic carbocycles. The van der Waals surface area contributed by atoms with Gasteiger partial charge in [-0.15, -0.1) is 0 Å². The lowest BCUT2D eigenvalue weighted by Crippen LogP contribution is -2.41. The van der Waals surface area contributed by atoms with Gasteiger partial charge in [-0.2, -0.15) is 26.3 Å². The molecule has 2 aromatic rings. The monoisotopic (exact) mass is 449 g/mol. The Bertz CT molecular complexity index is 913. The Balaban J connectivity index is 2.40. The van der Waals surface area contributed by atoms with E-state index in [4.69, 9.17) is 0 Å². The minimum absolute atomic E-state index is 0.0548. The molecule has 168 valence electrons. The molecule has 0 aliphatic heterocycles. The van der Waals surface area contributed by atoms with Gasteiger partial charge in [-0.1, -0.05) is 12.1 Å². The molecule has 0 bridgehead atoms. The zero-order chi connectivity index (χ0) is 23.2. The Morgan fingerprint density at radius 2 is 1.68 bits per heavy atom. The fraction of sp³-hybridized carbons (Fsp3) is 0.316. The zero-order valence-corrected chi connectivity index (χ0v) is 16.0. The SMILES string of the molecule is CCOC(=O)CNC(=O)N[C@@H](c1ccc(C(F)(F)F)cc1)c1ncccc1C(F)(F)F. The maximum atomic E-state index is 13.4. The molecule has 0 aliphatic rings. The summed E-state index contributed by atoms with van der Waals surface area (Å²) in [5.74, 6) is -0.780. The highest BCUT2D eigenvalue weighted by atomic mass is 19.4. The number of ether oxygens (including phenoxy) is 1. The molecule has 1 atom stereocenters. The maximum absolute atomic E-state index is 13.4. The lowest BCUT2D eigenvalue weighted by atomic mass is 9.98. The summed E-state index contributed by atoms with van der Waals surface area (Å²) in [6.45, 7) is 1.03. The van der Waals surface area contributed by atoms with E-state index in [-0.39, 0.29) is 12.2 Å². The number of amides is 2. The van der Waals surface area contributed by atoms with E-state index < -0.39 is 53.8 Å². The van der Waals surface area contributed by atoms with Crippen molar-refractivity contribution in [2.45, 2.75) is 25.3 Å². The van der Waals surface area contributed by atoms with Crippen LogP contribution in [0.5, 0.6) is 0 Å². The van der Waals surface area contributed by atoms with Crippen LogP contribution in [0.25, 0.3) is 0 Å². The van der Waals surface area contributed by atoms with Gasteiger partial charge in [0.05, 0.1) is 29.5 Å². The summed E-state index contributed by atoms with van der Waals surface area (Å²) in [4.78, 5) is 27.2. The Morgan fingerprint density at radius 1 is 1.03 bits per heavy atom. The number of esters is 1. The van der Waals surface area contributed by atoms with Crippen molar-refractivity contribution in [1.29, 1.82) is 0 Å². The van der Waals surface area contributed by atoms with Crippen molar-refractivity contribution in [1.82, 2.24) is 15.6 Å². The van der Waals surface area contributed by atoms with Crippen molar-refractivity contribution in [3.05, 3.63) is 65.0 Å². The Hall–Kier alpha value is -3.31. The average Bonchev–Trinajstić information content (AvgIpc) is 2.69. The smallest absolute Gasteiger partial charge is 0.418 e. The Morgan fingerprint density at radius 3 is 2.23 bits per heavy atom. The van der Waals surface area contributed by atoms with Crippen molar-refractivity contribution >= 4 is 12.0 Å². The number of pyridine rings is 1. The van der Waals surface area contributed by atoms with Gasteiger partial charge in [-0.05, 0) is 36.8 Å². The predicted molar refractivity (Wildman–Crippen MR) is 95.7 cm³/mol. The van der Waals surface area contributed by atoms with Crippen LogP contribution >= 0.6 is 0 Å². The molecule has 1 heterocycles. The highest BCUT2D eigenvalue weighted by molar-refractivity contribution is 5.81. The number of urea groups is 1. The molecule has 31 heavy (non-hydrogen) atoms. The van der Waals surface area contributed by atoms with Gasteiger partial charge >= 0.3 is 24.4 Å². The summed E-state index contributed by atoms with van der Waals surface area (Å²) in [5.41, 5.74) is -2.89. The van der Waals surface area contributed by atoms with Gasteiger partial charge in [0.1, 0.15) is 6.54 Å². The predicted octanol–water partition coefficient (Wildman–Crippen LogP) is 4.07. The molecule has 0 saturated carbocycles. The number of nitrogens with one attached hydrogen (secondary N) is 2. The lowest BCUT2D eigenvalue weighted by Gasteiger charge is -2.23. The summed E-state index contributed by atoms with van der Waals surface area (Å²) >= 11 is 0. The molecule has 6 nitrogen and oxygen atoms in total. The molecular formula is C19H17F6N3O3. The second kappa shape index (κ2) is 9.67. The molecule has 0 fully saturated rings. The Kier molecular flexibility index (Phi) is 7.47. The normalized spacial score (nSPS) is 12.7. The van der Waals surface area contributed by atoms with Gasteiger partial charge in [0.15, 0.2) is 0 Å². The summed E-state index contributed by atoms with van der Waals surface area (Å²) in [6, 6.07) is 2.41. The fourth-order valence-electron chi connectivity index (χ4n) is 2.61. The lowest BCUT2D eigenvalue weighted by molar-refractivity contribution is -0.142. The van der Waals surface area contributed by atoms with Crippen LogP contribution in [0.2, 0.25) is 0 Å². The van der Waals surface area contributed by atoms with Gasteiger partial charge in [0.25, 0.3) is 0 Å². The van der Waals surface area contributed by atoms with Crippen LogP contribution in [0.1, 0.15) is 35.3 Å². The second-order valence-corrected chi connectivity index (χ2v) is 6.12. The third kappa shape index (κ3) is 6.59. The first-order valence-electron chi connectivity index (χ1n) is 8.82. The molecule has 2 amide bonds. The summed E-state index contributed by atoms with van der Waals surface area (Å²) < 4.78 is 83.4. The topological polar surface area (TPSA) is 80.3 Å². The van der Waals surface area contributed by atoms with E-state index in [1.165, 1.54) is 0 Å². The standard InChI is InChI=1S/C19H17F6N3O3/c1-2-31-14(29)10-27-17(30)28-15(11-5-7-12(8-6-11)18(20,21)22)16-13(19(23,24)25)4-3-9-26-16/h3-9,15H,2,10H2,1H3,(H2,27,28,30)/t15-/m0/s1. The quantitative estimate of drug-likeness (QED) is 0.515. The molecule has 0 saturated heterocycles. The molecule has 2 N–H and O–H groups in total. The summed E-state index contributed by atoms with van der Waals surface area (Å²) in [5, 5.41) is 4.33. The number of rotatable bonds is 6. The van der Waals surface area contributed by atoms with Crippen LogP contribution in [-0.2, 0) is 21.9 Å². The molecule has 0 unspecified atom stereocenters. The van der Waals surface area contributed by atoms with Crippen molar-refractivity contribution < 1.29 is 40.7 Å². The maximum Gasteiger partial charge on any atom is 0.418 e. The molecular weight excluding hydrogens is 432 g/mol. The van der Waals surface area contributed by atoms with Crippen LogP contribution in [0.4, 0.5) is 31.1 Å². The molecule has 12 heteroatoms. The van der Waals surface area contributed by atoms with Crippen LogP contribution in [0, 0.1) is 0 Å². The molecule has 0 radical (unpaired) electrons. The van der Waals surface area contributed by atoms with Crippen LogP contribution in [-0.4, -0.2) is 30.1 Å². The zero-order valence-electron chi connectivity index (χ0n) is 16.0. The third-order valence-corrected chi connectivity index (χ3v) is 3.96. The minimum Gasteiger partial charge on any atom is -0.465 e. The first-order valence-corrected chi connectivity index (χ1v) is 8.82. The molecule has 1 aromatic heterocycles. The van der Waals surface area contributed by atoms with E-state index in [0.717, 1.165) is 30.5 Å². The van der Waals surface area contributed by atoms with E-state index in [1.807, 2.05) is 0 Å². The van der Waals surface area contributed by atoms with Crippen molar-refractivity contribution in [2.24, 2.45) is 0 Å². The second-order valence-electron chi connectivity index (χ2n) is 6.12. The largest absolute Gasteiger partial charge is 0.465 e. The molecule has 0 spiro atoms. The minimum atomic E-state index is -4.84. The first-order chi connectivity index (χ1) is 14.4. The first kappa shape index (κ1) is 24.0. The van der Waals surface area contributed by atoms with Crippen molar-refractivity contribution in [3.63, 3.8) is 0 Å². The Labute approximate surface area is 172 Å². The summed E-state index contributed by atoms with van der Waals surface area (Å²) in [7, 11) is 0. The number of carbonyl (C=O) groups excluding carboxylic acids is 2.